The molecule has 0 spiro atoms. The topological polar surface area (TPSA) is 84.2 Å². The Morgan fingerprint density at radius 3 is 3.04 bits per heavy atom. The van der Waals surface area contributed by atoms with Crippen LogP contribution in [0.1, 0.15) is 23.2 Å². The average Bonchev–Trinajstić information content (AvgIpc) is 3.15. The Bertz CT molecular complexity index is 884. The van der Waals surface area contributed by atoms with E-state index >= 15 is 0 Å². The molecule has 0 aliphatic carbocycles. The molecule has 0 bridgehead atoms. The monoisotopic (exact) mass is 336 g/mol. The van der Waals surface area contributed by atoms with Gasteiger partial charge in [0.2, 0.25) is 0 Å². The van der Waals surface area contributed by atoms with Gasteiger partial charge in [-0.1, -0.05) is 12.1 Å². The van der Waals surface area contributed by atoms with Crippen molar-refractivity contribution in [3.63, 3.8) is 0 Å². The molecule has 1 fully saturated rings. The quantitative estimate of drug-likeness (QED) is 0.755. The summed E-state index contributed by atoms with van der Waals surface area (Å²) in [6.07, 6.45) is 7.50. The molecule has 0 saturated carbocycles. The molecule has 25 heavy (non-hydrogen) atoms. The van der Waals surface area contributed by atoms with Crippen molar-refractivity contribution in [2.24, 2.45) is 5.92 Å². The minimum absolute atomic E-state index is 0.0290. The van der Waals surface area contributed by atoms with Gasteiger partial charge in [-0.05, 0) is 49.5 Å². The van der Waals surface area contributed by atoms with E-state index in [2.05, 4.69) is 25.8 Å². The molecular weight excluding hydrogens is 316 g/mol. The maximum absolute atomic E-state index is 12.5. The van der Waals surface area contributed by atoms with Gasteiger partial charge in [0.05, 0.1) is 0 Å². The van der Waals surface area contributed by atoms with Gasteiger partial charge in [0, 0.05) is 30.1 Å². The number of nitrogens with one attached hydrogen (secondary N) is 2. The van der Waals surface area contributed by atoms with Gasteiger partial charge in [0.25, 0.3) is 11.7 Å². The highest BCUT2D eigenvalue weighted by molar-refractivity contribution is 5.95. The lowest BCUT2D eigenvalue weighted by Gasteiger charge is -2.22. The second kappa shape index (κ2) is 6.98. The molecule has 3 heterocycles. The maximum atomic E-state index is 12.5. The average molecular weight is 336 g/mol. The molecule has 0 atom stereocenters. The van der Waals surface area contributed by atoms with E-state index in [1.54, 1.807) is 16.9 Å². The van der Waals surface area contributed by atoms with E-state index in [-0.39, 0.29) is 5.91 Å². The van der Waals surface area contributed by atoms with Gasteiger partial charge >= 0.3 is 0 Å². The molecular formula is C18H20N6O. The molecule has 2 aromatic heterocycles. The molecule has 4 rings (SSSR count). The number of piperidine rings is 1. The fraction of sp³-hybridized carbons (Fsp3) is 0.333. The van der Waals surface area contributed by atoms with Crippen molar-refractivity contribution in [1.29, 1.82) is 0 Å². The van der Waals surface area contributed by atoms with Crippen LogP contribution in [0.2, 0.25) is 0 Å². The second-order valence-electron chi connectivity index (χ2n) is 6.37. The first kappa shape index (κ1) is 15.7. The normalized spacial score (nSPS) is 15.4. The van der Waals surface area contributed by atoms with Gasteiger partial charge < -0.3 is 10.6 Å². The number of fused-ring (bicyclic) bond motifs is 1. The molecule has 1 saturated heterocycles. The Hall–Kier alpha value is -2.80. The van der Waals surface area contributed by atoms with Gasteiger partial charge in [0.15, 0.2) is 0 Å². The molecule has 2 N–H and O–H groups in total. The van der Waals surface area contributed by atoms with Crippen molar-refractivity contribution in [1.82, 2.24) is 30.2 Å². The molecule has 128 valence electrons. The Labute approximate surface area is 145 Å². The summed E-state index contributed by atoms with van der Waals surface area (Å²) in [5.74, 6) is 1.09. The van der Waals surface area contributed by atoms with E-state index in [1.165, 1.54) is 0 Å². The van der Waals surface area contributed by atoms with E-state index in [0.29, 0.717) is 17.3 Å². The molecule has 3 aromatic rings. The van der Waals surface area contributed by atoms with Crippen LogP contribution in [-0.4, -0.2) is 45.1 Å². The largest absolute Gasteiger partial charge is 0.352 e. The minimum atomic E-state index is -0.0290. The summed E-state index contributed by atoms with van der Waals surface area (Å²) in [4.78, 5) is 16.7. The fourth-order valence-electron chi connectivity index (χ4n) is 3.14. The van der Waals surface area contributed by atoms with Crippen LogP contribution >= 0.6 is 0 Å². The molecule has 0 unspecified atom stereocenters. The highest BCUT2D eigenvalue weighted by Crippen LogP contribution is 2.20. The predicted octanol–water partition coefficient (Wildman–Crippen LogP) is 1.52. The van der Waals surface area contributed by atoms with E-state index in [9.17, 15) is 4.79 Å². The summed E-state index contributed by atoms with van der Waals surface area (Å²) in [6.45, 7) is 2.81. The highest BCUT2D eigenvalue weighted by Gasteiger charge is 2.15. The number of carbonyl (C=O) groups is 1. The van der Waals surface area contributed by atoms with Crippen LogP contribution < -0.4 is 10.6 Å². The van der Waals surface area contributed by atoms with Crippen LogP contribution in [0.15, 0.2) is 43.0 Å². The smallest absolute Gasteiger partial charge is 0.254 e. The number of carbonyl (C=O) groups excluding carboxylic acids is 1. The Morgan fingerprint density at radius 1 is 1.28 bits per heavy atom. The van der Waals surface area contributed by atoms with Crippen molar-refractivity contribution < 1.29 is 4.79 Å². The lowest BCUT2D eigenvalue weighted by Crippen LogP contribution is -2.35. The number of hydrogen-bond acceptors (Lipinski definition) is 5. The lowest BCUT2D eigenvalue weighted by molar-refractivity contribution is 0.0944. The van der Waals surface area contributed by atoms with Gasteiger partial charge in [0.1, 0.15) is 6.33 Å². The van der Waals surface area contributed by atoms with Crippen molar-refractivity contribution in [2.45, 2.75) is 12.8 Å². The first-order valence-electron chi connectivity index (χ1n) is 8.54. The lowest BCUT2D eigenvalue weighted by atomic mass is 9.98. The molecule has 1 aromatic carbocycles. The number of benzene rings is 1. The SMILES string of the molecule is O=C(NCC1CCNCC1)c1cccc(-c2cnc3nncn3c2)c1. The summed E-state index contributed by atoms with van der Waals surface area (Å²) < 4.78 is 1.76. The third kappa shape index (κ3) is 3.51. The van der Waals surface area contributed by atoms with E-state index in [0.717, 1.165) is 43.6 Å². The summed E-state index contributed by atoms with van der Waals surface area (Å²) in [5.41, 5.74) is 2.52. The van der Waals surface area contributed by atoms with Crippen LogP contribution in [0.25, 0.3) is 16.9 Å². The fourth-order valence-corrected chi connectivity index (χ4v) is 3.14. The molecule has 7 nitrogen and oxygen atoms in total. The van der Waals surface area contributed by atoms with Gasteiger partial charge in [-0.25, -0.2) is 4.98 Å². The molecule has 1 aliphatic rings. The third-order valence-corrected chi connectivity index (χ3v) is 4.62. The van der Waals surface area contributed by atoms with E-state index in [1.807, 2.05) is 30.5 Å². The first-order chi connectivity index (χ1) is 12.3. The minimum Gasteiger partial charge on any atom is -0.352 e. The highest BCUT2D eigenvalue weighted by atomic mass is 16.1. The van der Waals surface area contributed by atoms with Crippen LogP contribution in [0.5, 0.6) is 0 Å². The molecule has 0 radical (unpaired) electrons. The number of nitrogens with zero attached hydrogens (tertiary/aromatic N) is 4. The van der Waals surface area contributed by atoms with Crippen molar-refractivity contribution >= 4 is 11.7 Å². The van der Waals surface area contributed by atoms with Crippen LogP contribution in [0.3, 0.4) is 0 Å². The van der Waals surface area contributed by atoms with Crippen molar-refractivity contribution in [3.8, 4) is 11.1 Å². The second-order valence-corrected chi connectivity index (χ2v) is 6.37. The Balaban J connectivity index is 1.49. The van der Waals surface area contributed by atoms with Gasteiger partial charge in [-0.2, -0.15) is 0 Å². The predicted molar refractivity (Wildman–Crippen MR) is 94.1 cm³/mol. The standard InChI is InChI=1S/C18H20N6O/c25-17(20-9-13-4-6-19-7-5-13)15-3-1-2-14(8-15)16-10-21-18-23-22-12-24(18)11-16/h1-3,8,10-13,19H,4-7,9H2,(H,20,25). The zero-order chi connectivity index (χ0) is 17.1. The molecule has 1 amide bonds. The first-order valence-corrected chi connectivity index (χ1v) is 8.54. The van der Waals surface area contributed by atoms with Crippen LogP contribution in [0, 0.1) is 5.92 Å². The maximum Gasteiger partial charge on any atom is 0.254 e. The van der Waals surface area contributed by atoms with E-state index in [4.69, 9.17) is 0 Å². The zero-order valence-corrected chi connectivity index (χ0v) is 13.9. The summed E-state index contributed by atoms with van der Waals surface area (Å²) in [5, 5.41) is 14.1. The zero-order valence-electron chi connectivity index (χ0n) is 13.9. The summed E-state index contributed by atoms with van der Waals surface area (Å²) in [6, 6.07) is 7.60. The molecule has 7 heteroatoms. The summed E-state index contributed by atoms with van der Waals surface area (Å²) in [7, 11) is 0. The number of aromatic nitrogens is 4. The number of hydrogen-bond donors (Lipinski definition) is 2. The van der Waals surface area contributed by atoms with E-state index < -0.39 is 0 Å². The van der Waals surface area contributed by atoms with Gasteiger partial charge in [-0.3, -0.25) is 9.20 Å². The van der Waals surface area contributed by atoms with Crippen LogP contribution in [-0.2, 0) is 0 Å². The van der Waals surface area contributed by atoms with Crippen LogP contribution in [0.4, 0.5) is 0 Å². The third-order valence-electron chi connectivity index (χ3n) is 4.62. The number of amides is 1. The molecule has 1 aliphatic heterocycles. The summed E-state index contributed by atoms with van der Waals surface area (Å²) >= 11 is 0. The Morgan fingerprint density at radius 2 is 2.16 bits per heavy atom. The van der Waals surface area contributed by atoms with Gasteiger partial charge in [-0.15, -0.1) is 10.2 Å². The van der Waals surface area contributed by atoms with Crippen molar-refractivity contribution in [3.05, 3.63) is 48.5 Å². The Kier molecular flexibility index (Phi) is 4.39. The van der Waals surface area contributed by atoms with Crippen molar-refractivity contribution in [2.75, 3.05) is 19.6 Å². The number of rotatable bonds is 4.